The van der Waals surface area contributed by atoms with Crippen molar-refractivity contribution in [2.24, 2.45) is 5.41 Å². The molecule has 0 amide bonds. The predicted octanol–water partition coefficient (Wildman–Crippen LogP) is 0.752. The van der Waals surface area contributed by atoms with Crippen molar-refractivity contribution in [1.82, 2.24) is 9.21 Å². The molecule has 0 aromatic heterocycles. The van der Waals surface area contributed by atoms with E-state index in [4.69, 9.17) is 0 Å². The lowest BCUT2D eigenvalue weighted by atomic mass is 9.86. The van der Waals surface area contributed by atoms with Crippen LogP contribution in [0.1, 0.15) is 26.7 Å². The summed E-state index contributed by atoms with van der Waals surface area (Å²) in [5, 5.41) is 0. The molecule has 2 rings (SSSR count). The molecule has 0 aromatic carbocycles. The molecule has 2 heterocycles. The number of hydrogen-bond donors (Lipinski definition) is 0. The van der Waals surface area contributed by atoms with Gasteiger partial charge < -0.3 is 4.90 Å². The van der Waals surface area contributed by atoms with Gasteiger partial charge in [-0.25, -0.2) is 12.7 Å². The Kier molecular flexibility index (Phi) is 3.05. The zero-order chi connectivity index (χ0) is 12.0. The van der Waals surface area contributed by atoms with E-state index in [-0.39, 0.29) is 5.41 Å². The molecule has 2 aliphatic rings. The molecule has 0 saturated carbocycles. The van der Waals surface area contributed by atoms with Crippen LogP contribution in [0, 0.1) is 5.41 Å². The fraction of sp³-hybridized carbons (Fsp3) is 1.00. The van der Waals surface area contributed by atoms with Crippen molar-refractivity contribution in [2.75, 3.05) is 32.4 Å². The molecule has 1 spiro atoms. The third kappa shape index (κ3) is 2.26. The van der Waals surface area contributed by atoms with Gasteiger partial charge in [0.15, 0.2) is 0 Å². The molecular formula is C11H22N2O2S. The van der Waals surface area contributed by atoms with Crippen molar-refractivity contribution in [1.29, 1.82) is 0 Å². The molecule has 4 nitrogen and oxygen atoms in total. The van der Waals surface area contributed by atoms with Gasteiger partial charge >= 0.3 is 0 Å². The van der Waals surface area contributed by atoms with Crippen LogP contribution in [0.5, 0.6) is 0 Å². The summed E-state index contributed by atoms with van der Waals surface area (Å²) in [7, 11) is -2.99. The molecule has 0 bridgehead atoms. The van der Waals surface area contributed by atoms with Crippen LogP contribution in [0.25, 0.3) is 0 Å². The SMILES string of the molecule is CC(C)N1CCC2(CCN(S(C)(=O)=O)C2)C1. The van der Waals surface area contributed by atoms with Gasteiger partial charge in [-0.15, -0.1) is 0 Å². The fourth-order valence-electron chi connectivity index (χ4n) is 2.92. The number of sulfonamides is 1. The Labute approximate surface area is 98.7 Å². The van der Waals surface area contributed by atoms with Crippen LogP contribution in [-0.2, 0) is 10.0 Å². The highest BCUT2D eigenvalue weighted by Crippen LogP contribution is 2.40. The molecule has 1 unspecified atom stereocenters. The van der Waals surface area contributed by atoms with Crippen LogP contribution in [0.2, 0.25) is 0 Å². The quantitative estimate of drug-likeness (QED) is 0.722. The zero-order valence-electron chi connectivity index (χ0n) is 10.4. The normalized spacial score (nSPS) is 33.2. The average Bonchev–Trinajstić information content (AvgIpc) is 2.73. The zero-order valence-corrected chi connectivity index (χ0v) is 11.3. The van der Waals surface area contributed by atoms with Crippen molar-refractivity contribution in [2.45, 2.75) is 32.7 Å². The maximum Gasteiger partial charge on any atom is 0.211 e. The fourth-order valence-corrected chi connectivity index (χ4v) is 3.85. The van der Waals surface area contributed by atoms with Crippen LogP contribution in [-0.4, -0.2) is 56.1 Å². The molecule has 1 atom stereocenters. The van der Waals surface area contributed by atoms with Gasteiger partial charge in [0.25, 0.3) is 0 Å². The number of nitrogens with zero attached hydrogens (tertiary/aromatic N) is 2. The van der Waals surface area contributed by atoms with E-state index in [1.807, 2.05) is 0 Å². The van der Waals surface area contributed by atoms with Crippen molar-refractivity contribution < 1.29 is 8.42 Å². The number of likely N-dealkylation sites (tertiary alicyclic amines) is 1. The molecule has 5 heteroatoms. The Morgan fingerprint density at radius 1 is 1.12 bits per heavy atom. The molecule has 0 aromatic rings. The highest BCUT2D eigenvalue weighted by molar-refractivity contribution is 7.88. The Hall–Kier alpha value is -0.130. The minimum Gasteiger partial charge on any atom is -0.300 e. The lowest BCUT2D eigenvalue weighted by Crippen LogP contribution is -2.35. The first-order valence-corrected chi connectivity index (χ1v) is 7.86. The van der Waals surface area contributed by atoms with E-state index in [9.17, 15) is 8.42 Å². The van der Waals surface area contributed by atoms with Gasteiger partial charge in [0.1, 0.15) is 0 Å². The maximum absolute atomic E-state index is 11.5. The topological polar surface area (TPSA) is 40.6 Å². The highest BCUT2D eigenvalue weighted by atomic mass is 32.2. The molecule has 0 N–H and O–H groups in total. The average molecular weight is 246 g/mol. The first-order chi connectivity index (χ1) is 7.32. The van der Waals surface area contributed by atoms with Gasteiger partial charge in [0, 0.05) is 25.7 Å². The van der Waals surface area contributed by atoms with Crippen LogP contribution >= 0.6 is 0 Å². The monoisotopic (exact) mass is 246 g/mol. The van der Waals surface area contributed by atoms with Crippen LogP contribution < -0.4 is 0 Å². The van der Waals surface area contributed by atoms with E-state index in [1.165, 1.54) is 6.26 Å². The first-order valence-electron chi connectivity index (χ1n) is 6.02. The van der Waals surface area contributed by atoms with Crippen molar-refractivity contribution in [3.05, 3.63) is 0 Å². The standard InChI is InChI=1S/C11H22N2O2S/c1-10(2)12-6-4-11(8-12)5-7-13(9-11)16(3,14)15/h10H,4-9H2,1-3H3. The summed E-state index contributed by atoms with van der Waals surface area (Å²) in [4.78, 5) is 2.46. The molecule has 0 radical (unpaired) electrons. The lowest BCUT2D eigenvalue weighted by molar-refractivity contribution is 0.229. The van der Waals surface area contributed by atoms with Crippen molar-refractivity contribution in [3.63, 3.8) is 0 Å². The summed E-state index contributed by atoms with van der Waals surface area (Å²) >= 11 is 0. The van der Waals surface area contributed by atoms with E-state index < -0.39 is 10.0 Å². The van der Waals surface area contributed by atoms with Crippen molar-refractivity contribution in [3.8, 4) is 0 Å². The van der Waals surface area contributed by atoms with Gasteiger partial charge in [-0.1, -0.05) is 0 Å². The predicted molar refractivity (Wildman–Crippen MR) is 64.8 cm³/mol. The minimum absolute atomic E-state index is 0.243. The Balaban J connectivity index is 2.04. The second-order valence-corrected chi connectivity index (χ2v) is 7.64. The third-order valence-electron chi connectivity index (χ3n) is 4.07. The Bertz CT molecular complexity index is 366. The van der Waals surface area contributed by atoms with Crippen LogP contribution in [0.4, 0.5) is 0 Å². The summed E-state index contributed by atoms with van der Waals surface area (Å²) in [5.74, 6) is 0. The summed E-state index contributed by atoms with van der Waals surface area (Å²) in [6.07, 6.45) is 3.50. The summed E-state index contributed by atoms with van der Waals surface area (Å²) < 4.78 is 24.7. The second kappa shape index (κ2) is 3.96. The largest absolute Gasteiger partial charge is 0.300 e. The Morgan fingerprint density at radius 2 is 1.75 bits per heavy atom. The van der Waals surface area contributed by atoms with Gasteiger partial charge in [-0.3, -0.25) is 0 Å². The molecule has 2 saturated heterocycles. The van der Waals surface area contributed by atoms with E-state index in [1.54, 1.807) is 4.31 Å². The third-order valence-corrected chi connectivity index (χ3v) is 5.32. The van der Waals surface area contributed by atoms with Gasteiger partial charge in [-0.05, 0) is 38.6 Å². The highest BCUT2D eigenvalue weighted by Gasteiger charge is 2.45. The molecule has 2 fully saturated rings. The van der Waals surface area contributed by atoms with Gasteiger partial charge in [0.2, 0.25) is 10.0 Å². The molecule has 2 aliphatic heterocycles. The molecular weight excluding hydrogens is 224 g/mol. The van der Waals surface area contributed by atoms with Crippen LogP contribution in [0.15, 0.2) is 0 Å². The summed E-state index contributed by atoms with van der Waals surface area (Å²) in [6.45, 7) is 8.05. The first kappa shape index (κ1) is 12.3. The van der Waals surface area contributed by atoms with E-state index in [0.29, 0.717) is 12.6 Å². The van der Waals surface area contributed by atoms with E-state index in [0.717, 1.165) is 32.5 Å². The van der Waals surface area contributed by atoms with E-state index in [2.05, 4.69) is 18.7 Å². The molecule has 94 valence electrons. The maximum atomic E-state index is 11.5. The number of rotatable bonds is 2. The van der Waals surface area contributed by atoms with E-state index >= 15 is 0 Å². The van der Waals surface area contributed by atoms with Gasteiger partial charge in [0.05, 0.1) is 6.26 Å². The Morgan fingerprint density at radius 3 is 2.19 bits per heavy atom. The minimum atomic E-state index is -2.99. The number of hydrogen-bond acceptors (Lipinski definition) is 3. The molecule has 0 aliphatic carbocycles. The van der Waals surface area contributed by atoms with Gasteiger partial charge in [-0.2, -0.15) is 0 Å². The van der Waals surface area contributed by atoms with Crippen molar-refractivity contribution >= 4 is 10.0 Å². The summed E-state index contributed by atoms with van der Waals surface area (Å²) in [5.41, 5.74) is 0.243. The lowest BCUT2D eigenvalue weighted by Gasteiger charge is -2.26. The summed E-state index contributed by atoms with van der Waals surface area (Å²) in [6, 6.07) is 0.576. The molecule has 16 heavy (non-hydrogen) atoms. The second-order valence-electron chi connectivity index (χ2n) is 5.66. The smallest absolute Gasteiger partial charge is 0.211 e. The van der Waals surface area contributed by atoms with Crippen LogP contribution in [0.3, 0.4) is 0 Å².